The molecular weight excluding hydrogens is 467 g/mol. The van der Waals surface area contributed by atoms with Gasteiger partial charge in [0.05, 0.1) is 18.9 Å². The zero-order valence-corrected chi connectivity index (χ0v) is 19.1. The highest BCUT2D eigenvalue weighted by Crippen LogP contribution is 2.27. The van der Waals surface area contributed by atoms with Crippen LogP contribution in [0.1, 0.15) is 50.3 Å². The molecule has 1 saturated heterocycles. The van der Waals surface area contributed by atoms with Gasteiger partial charge in [0.15, 0.2) is 11.8 Å². The molecule has 0 aromatic carbocycles. The third kappa shape index (κ3) is 4.49. The Morgan fingerprint density at radius 1 is 1.25 bits per heavy atom. The van der Waals surface area contributed by atoms with Crippen LogP contribution >= 0.6 is 24.0 Å². The van der Waals surface area contributed by atoms with Crippen LogP contribution in [0.3, 0.4) is 0 Å². The van der Waals surface area contributed by atoms with Gasteiger partial charge in [-0.25, -0.2) is 4.98 Å². The first-order chi connectivity index (χ1) is 13.3. The van der Waals surface area contributed by atoms with Crippen LogP contribution in [0.4, 0.5) is 0 Å². The fourth-order valence-electron chi connectivity index (χ4n) is 4.26. The highest BCUT2D eigenvalue weighted by molar-refractivity contribution is 14.0. The van der Waals surface area contributed by atoms with Crippen LogP contribution in [0.5, 0.6) is 0 Å². The minimum atomic E-state index is 0. The summed E-state index contributed by atoms with van der Waals surface area (Å²) in [5.74, 6) is 3.72. The Balaban J connectivity index is 0.00000225. The van der Waals surface area contributed by atoms with Gasteiger partial charge in [-0.15, -0.1) is 34.2 Å². The number of aryl methyl sites for hydroxylation is 1. The summed E-state index contributed by atoms with van der Waals surface area (Å²) >= 11 is 0. The van der Waals surface area contributed by atoms with Crippen LogP contribution in [0, 0.1) is 5.92 Å². The van der Waals surface area contributed by atoms with Crippen molar-refractivity contribution in [2.75, 3.05) is 20.1 Å². The molecule has 0 bridgehead atoms. The van der Waals surface area contributed by atoms with E-state index in [0.717, 1.165) is 50.1 Å². The average molecular weight is 498 g/mol. The lowest BCUT2D eigenvalue weighted by atomic mass is 9.93. The van der Waals surface area contributed by atoms with Gasteiger partial charge in [0.1, 0.15) is 5.82 Å². The maximum atomic E-state index is 4.53. The summed E-state index contributed by atoms with van der Waals surface area (Å²) in [4.78, 5) is 11.1. The fraction of sp³-hybridized carbons (Fsp3) is 0.684. The van der Waals surface area contributed by atoms with E-state index in [0.29, 0.717) is 18.5 Å². The van der Waals surface area contributed by atoms with E-state index in [1.165, 1.54) is 19.3 Å². The number of halogens is 1. The number of nitrogens with zero attached hydrogens (tertiary/aromatic N) is 7. The van der Waals surface area contributed by atoms with E-state index in [1.807, 2.05) is 19.6 Å². The minimum absolute atomic E-state index is 0. The number of rotatable bonds is 3. The number of aliphatic imine (C=N–C) groups is 1. The third-order valence-electron chi connectivity index (χ3n) is 5.93. The molecule has 0 radical (unpaired) electrons. The first kappa shape index (κ1) is 21.1. The summed E-state index contributed by atoms with van der Waals surface area (Å²) in [6, 6.07) is 0.421. The number of likely N-dealkylation sites (tertiary alicyclic amines) is 1. The number of imidazole rings is 1. The van der Waals surface area contributed by atoms with Crippen molar-refractivity contribution in [3.63, 3.8) is 0 Å². The molecule has 2 aromatic rings. The molecule has 8 nitrogen and oxygen atoms in total. The number of piperidine rings is 1. The molecule has 0 aliphatic carbocycles. The Kier molecular flexibility index (Phi) is 7.30. The van der Waals surface area contributed by atoms with E-state index in [1.54, 1.807) is 0 Å². The SMILES string of the molecule is CN=C(NCc1nnc2n1CCCCC2)N1CCC(C)C(n2ccnc2)C1.I. The second-order valence-corrected chi connectivity index (χ2v) is 7.68. The average Bonchev–Trinajstić information content (AvgIpc) is 3.29. The topological polar surface area (TPSA) is 76.2 Å². The number of aromatic nitrogens is 5. The van der Waals surface area contributed by atoms with Gasteiger partial charge in [0.25, 0.3) is 0 Å². The van der Waals surface area contributed by atoms with E-state index in [2.05, 4.69) is 52.6 Å². The van der Waals surface area contributed by atoms with Gasteiger partial charge >= 0.3 is 0 Å². The smallest absolute Gasteiger partial charge is 0.194 e. The maximum absolute atomic E-state index is 4.53. The predicted octanol–water partition coefficient (Wildman–Crippen LogP) is 2.48. The molecule has 0 amide bonds. The quantitative estimate of drug-likeness (QED) is 0.400. The van der Waals surface area contributed by atoms with Crippen molar-refractivity contribution in [1.29, 1.82) is 0 Å². The van der Waals surface area contributed by atoms with E-state index < -0.39 is 0 Å². The largest absolute Gasteiger partial charge is 0.349 e. The molecule has 9 heteroatoms. The normalized spacial score (nSPS) is 22.9. The van der Waals surface area contributed by atoms with Crippen molar-refractivity contribution in [3.8, 4) is 0 Å². The molecule has 4 heterocycles. The van der Waals surface area contributed by atoms with Gasteiger partial charge in [0.2, 0.25) is 0 Å². The van der Waals surface area contributed by atoms with Crippen LogP contribution in [0.2, 0.25) is 0 Å². The summed E-state index contributed by atoms with van der Waals surface area (Å²) in [7, 11) is 1.86. The molecule has 4 rings (SSSR count). The highest BCUT2D eigenvalue weighted by Gasteiger charge is 2.29. The molecule has 154 valence electrons. The Bertz CT molecular complexity index is 769. The van der Waals surface area contributed by atoms with Gasteiger partial charge in [-0.2, -0.15) is 0 Å². The van der Waals surface area contributed by atoms with Crippen molar-refractivity contribution in [1.82, 2.24) is 34.5 Å². The Labute approximate surface area is 183 Å². The maximum Gasteiger partial charge on any atom is 0.194 e. The first-order valence-electron chi connectivity index (χ1n) is 10.1. The number of nitrogens with one attached hydrogen (secondary N) is 1. The molecule has 0 saturated carbocycles. The van der Waals surface area contributed by atoms with Crippen LogP contribution in [-0.2, 0) is 19.5 Å². The number of hydrogen-bond acceptors (Lipinski definition) is 4. The highest BCUT2D eigenvalue weighted by atomic mass is 127. The number of hydrogen-bond donors (Lipinski definition) is 1. The lowest BCUT2D eigenvalue weighted by Crippen LogP contribution is -2.48. The van der Waals surface area contributed by atoms with E-state index in [4.69, 9.17) is 0 Å². The molecule has 2 aliphatic rings. The van der Waals surface area contributed by atoms with Gasteiger partial charge in [-0.1, -0.05) is 13.3 Å². The van der Waals surface area contributed by atoms with E-state index in [9.17, 15) is 0 Å². The van der Waals surface area contributed by atoms with E-state index >= 15 is 0 Å². The zero-order chi connectivity index (χ0) is 18.6. The van der Waals surface area contributed by atoms with Crippen LogP contribution in [0.15, 0.2) is 23.7 Å². The molecule has 1 N–H and O–H groups in total. The summed E-state index contributed by atoms with van der Waals surface area (Å²) in [5.41, 5.74) is 0. The monoisotopic (exact) mass is 498 g/mol. The van der Waals surface area contributed by atoms with Crippen LogP contribution < -0.4 is 5.32 Å². The van der Waals surface area contributed by atoms with Crippen molar-refractivity contribution in [3.05, 3.63) is 30.4 Å². The summed E-state index contributed by atoms with van der Waals surface area (Å²) in [5, 5.41) is 12.3. The standard InChI is InChI=1S/C19H30N8.HI/c1-15-7-10-25(13-16(15)26-11-8-21-14-26)19(20-2)22-12-18-24-23-17-6-4-3-5-9-27(17)18;/h8,11,14-16H,3-7,9-10,12-13H2,1-2H3,(H,20,22);1H. The molecule has 2 aliphatic heterocycles. The lowest BCUT2D eigenvalue weighted by molar-refractivity contribution is 0.189. The van der Waals surface area contributed by atoms with Crippen molar-refractivity contribution < 1.29 is 0 Å². The molecule has 2 aromatic heterocycles. The van der Waals surface area contributed by atoms with Crippen molar-refractivity contribution >= 4 is 29.9 Å². The molecule has 2 atom stereocenters. The minimum Gasteiger partial charge on any atom is -0.349 e. The van der Waals surface area contributed by atoms with E-state index in [-0.39, 0.29) is 24.0 Å². The van der Waals surface area contributed by atoms with Crippen molar-refractivity contribution in [2.45, 2.75) is 58.2 Å². The molecule has 0 spiro atoms. The fourth-order valence-corrected chi connectivity index (χ4v) is 4.26. The first-order valence-corrected chi connectivity index (χ1v) is 10.1. The second kappa shape index (κ2) is 9.71. The van der Waals surface area contributed by atoms with Crippen LogP contribution in [0.25, 0.3) is 0 Å². The molecular formula is C19H31IN8. The second-order valence-electron chi connectivity index (χ2n) is 7.68. The summed E-state index contributed by atoms with van der Waals surface area (Å²) < 4.78 is 4.52. The third-order valence-corrected chi connectivity index (χ3v) is 5.93. The zero-order valence-electron chi connectivity index (χ0n) is 16.8. The Morgan fingerprint density at radius 2 is 2.14 bits per heavy atom. The molecule has 28 heavy (non-hydrogen) atoms. The van der Waals surface area contributed by atoms with Gasteiger partial charge in [-0.05, 0) is 25.2 Å². The van der Waals surface area contributed by atoms with Gasteiger partial charge in [-0.3, -0.25) is 4.99 Å². The summed E-state index contributed by atoms with van der Waals surface area (Å²) in [6.45, 7) is 5.98. The summed E-state index contributed by atoms with van der Waals surface area (Å²) in [6.07, 6.45) is 11.7. The molecule has 2 unspecified atom stereocenters. The predicted molar refractivity (Wildman–Crippen MR) is 120 cm³/mol. The number of guanidine groups is 1. The number of fused-ring (bicyclic) bond motifs is 1. The van der Waals surface area contributed by atoms with Gasteiger partial charge < -0.3 is 19.4 Å². The van der Waals surface area contributed by atoms with Gasteiger partial charge in [0, 0.05) is 45.5 Å². The van der Waals surface area contributed by atoms with Crippen LogP contribution in [-0.4, -0.2) is 55.3 Å². The molecule has 1 fully saturated rings. The Hall–Kier alpha value is -1.65. The Morgan fingerprint density at radius 3 is 2.93 bits per heavy atom. The lowest BCUT2D eigenvalue weighted by Gasteiger charge is -2.39. The van der Waals surface area contributed by atoms with Crippen molar-refractivity contribution in [2.24, 2.45) is 10.9 Å².